The van der Waals surface area contributed by atoms with E-state index in [1.54, 1.807) is 13.1 Å². The first-order chi connectivity index (χ1) is 7.52. The maximum absolute atomic E-state index is 12.5. The Morgan fingerprint density at radius 1 is 1.31 bits per heavy atom. The van der Waals surface area contributed by atoms with Crippen LogP contribution in [0.1, 0.15) is 11.4 Å². The fourth-order valence-electron chi connectivity index (χ4n) is 1.44. The molecule has 0 aliphatic rings. The first-order valence-corrected chi connectivity index (χ1v) is 4.58. The molecule has 2 aromatic heterocycles. The van der Waals surface area contributed by atoms with E-state index in [0.717, 1.165) is 9.96 Å². The number of aromatic nitrogens is 3. The average molecular weight is 230 g/mol. The highest BCUT2D eigenvalue weighted by atomic mass is 19.4. The van der Waals surface area contributed by atoms with Gasteiger partial charge in [0.15, 0.2) is 5.65 Å². The van der Waals surface area contributed by atoms with Crippen LogP contribution in [0.15, 0.2) is 18.3 Å². The van der Waals surface area contributed by atoms with Crippen molar-refractivity contribution >= 4 is 5.65 Å². The zero-order valence-electron chi connectivity index (χ0n) is 8.41. The molecule has 0 atom stereocenters. The largest absolute Gasteiger partial charge is 0.452 e. The van der Waals surface area contributed by atoms with Crippen molar-refractivity contribution in [2.45, 2.75) is 12.7 Å². The molecule has 0 spiro atoms. The molecule has 2 aromatic rings. The second-order valence-corrected chi connectivity index (χ2v) is 3.32. The highest BCUT2D eigenvalue weighted by molar-refractivity contribution is 5.39. The molecule has 0 saturated carbocycles. The lowest BCUT2D eigenvalue weighted by Crippen LogP contribution is -2.12. The lowest BCUT2D eigenvalue weighted by molar-refractivity contribution is -0.145. The molecule has 1 N–H and O–H groups in total. The molecule has 7 heteroatoms. The van der Waals surface area contributed by atoms with E-state index in [0.29, 0.717) is 6.54 Å². The van der Waals surface area contributed by atoms with Crippen LogP contribution in [0.5, 0.6) is 0 Å². The molecule has 16 heavy (non-hydrogen) atoms. The van der Waals surface area contributed by atoms with Crippen LogP contribution in [0, 0.1) is 0 Å². The Hall–Kier alpha value is -1.63. The smallest absolute Gasteiger partial charge is 0.316 e. The third-order valence-corrected chi connectivity index (χ3v) is 2.10. The SMILES string of the molecule is CNCc1ccc2nnc(C(F)(F)F)n2c1. The van der Waals surface area contributed by atoms with Gasteiger partial charge in [-0.25, -0.2) is 0 Å². The zero-order valence-corrected chi connectivity index (χ0v) is 8.41. The van der Waals surface area contributed by atoms with Crippen LogP contribution in [0.2, 0.25) is 0 Å². The van der Waals surface area contributed by atoms with Gasteiger partial charge in [-0.1, -0.05) is 6.07 Å². The molecular formula is C9H9F3N4. The van der Waals surface area contributed by atoms with Gasteiger partial charge in [0, 0.05) is 12.7 Å². The number of fused-ring (bicyclic) bond motifs is 1. The number of hydrogen-bond donors (Lipinski definition) is 1. The van der Waals surface area contributed by atoms with E-state index in [-0.39, 0.29) is 5.65 Å². The Kier molecular flexibility index (Phi) is 2.55. The minimum Gasteiger partial charge on any atom is -0.316 e. The number of nitrogens with zero attached hydrogens (tertiary/aromatic N) is 3. The predicted octanol–water partition coefficient (Wildman–Crippen LogP) is 1.47. The number of hydrogen-bond acceptors (Lipinski definition) is 3. The maximum atomic E-state index is 12.5. The summed E-state index contributed by atoms with van der Waals surface area (Å²) in [5, 5.41) is 9.46. The van der Waals surface area contributed by atoms with Crippen LogP contribution in [0.3, 0.4) is 0 Å². The molecular weight excluding hydrogens is 221 g/mol. The topological polar surface area (TPSA) is 42.2 Å². The molecule has 2 heterocycles. The van der Waals surface area contributed by atoms with Gasteiger partial charge in [0.05, 0.1) is 0 Å². The first-order valence-electron chi connectivity index (χ1n) is 4.58. The molecule has 86 valence electrons. The van der Waals surface area contributed by atoms with Crippen LogP contribution in [0.4, 0.5) is 13.2 Å². The van der Waals surface area contributed by atoms with Gasteiger partial charge in [-0.3, -0.25) is 4.40 Å². The molecule has 0 amide bonds. The summed E-state index contributed by atoms with van der Waals surface area (Å²) in [5.41, 5.74) is 0.924. The number of rotatable bonds is 2. The summed E-state index contributed by atoms with van der Waals surface area (Å²) in [5.74, 6) is -1.000. The van der Waals surface area contributed by atoms with E-state index in [9.17, 15) is 13.2 Å². The second-order valence-electron chi connectivity index (χ2n) is 3.32. The van der Waals surface area contributed by atoms with Crippen molar-refractivity contribution in [3.63, 3.8) is 0 Å². The molecule has 0 aliphatic heterocycles. The Bertz CT molecular complexity index is 503. The van der Waals surface area contributed by atoms with Crippen molar-refractivity contribution in [1.29, 1.82) is 0 Å². The number of halogens is 3. The van der Waals surface area contributed by atoms with E-state index in [1.807, 2.05) is 0 Å². The van der Waals surface area contributed by atoms with E-state index < -0.39 is 12.0 Å². The van der Waals surface area contributed by atoms with Crippen molar-refractivity contribution in [3.8, 4) is 0 Å². The summed E-state index contributed by atoms with van der Waals surface area (Å²) >= 11 is 0. The number of pyridine rings is 1. The van der Waals surface area contributed by atoms with Crippen molar-refractivity contribution < 1.29 is 13.2 Å². The fraction of sp³-hybridized carbons (Fsp3) is 0.333. The van der Waals surface area contributed by atoms with Gasteiger partial charge in [0.25, 0.3) is 0 Å². The number of nitrogens with one attached hydrogen (secondary N) is 1. The highest BCUT2D eigenvalue weighted by Crippen LogP contribution is 2.27. The molecule has 0 fully saturated rings. The Morgan fingerprint density at radius 3 is 2.69 bits per heavy atom. The summed E-state index contributed by atoms with van der Waals surface area (Å²) in [6.45, 7) is 0.491. The van der Waals surface area contributed by atoms with Crippen molar-refractivity contribution in [2.75, 3.05) is 7.05 Å². The van der Waals surface area contributed by atoms with Crippen LogP contribution < -0.4 is 5.32 Å². The van der Waals surface area contributed by atoms with Gasteiger partial charge in [0.2, 0.25) is 5.82 Å². The lowest BCUT2D eigenvalue weighted by atomic mass is 10.3. The van der Waals surface area contributed by atoms with Gasteiger partial charge in [-0.2, -0.15) is 13.2 Å². The van der Waals surface area contributed by atoms with Crippen molar-refractivity contribution in [2.24, 2.45) is 0 Å². The van der Waals surface area contributed by atoms with E-state index in [2.05, 4.69) is 15.5 Å². The second kappa shape index (κ2) is 3.75. The number of alkyl halides is 3. The minimum absolute atomic E-state index is 0.187. The molecule has 0 saturated heterocycles. The summed E-state index contributed by atoms with van der Waals surface area (Å²) in [6, 6.07) is 3.22. The van der Waals surface area contributed by atoms with E-state index in [4.69, 9.17) is 0 Å². The van der Waals surface area contributed by atoms with Gasteiger partial charge in [-0.15, -0.1) is 10.2 Å². The normalized spacial score (nSPS) is 12.2. The molecule has 0 bridgehead atoms. The average Bonchev–Trinajstić information content (AvgIpc) is 2.60. The molecule has 2 rings (SSSR count). The summed E-state index contributed by atoms with van der Waals surface area (Å²) in [6.07, 6.45) is -3.10. The lowest BCUT2D eigenvalue weighted by Gasteiger charge is -2.05. The summed E-state index contributed by atoms with van der Waals surface area (Å²) < 4.78 is 38.5. The molecule has 0 radical (unpaired) electrons. The highest BCUT2D eigenvalue weighted by Gasteiger charge is 2.36. The van der Waals surface area contributed by atoms with Crippen LogP contribution >= 0.6 is 0 Å². The standard InChI is InChI=1S/C9H9F3N4/c1-13-4-6-2-3-7-14-15-8(9(10,11)12)16(7)5-6/h2-3,5,13H,4H2,1H3. The monoisotopic (exact) mass is 230 g/mol. The summed E-state index contributed by atoms with van der Waals surface area (Å²) in [7, 11) is 1.72. The Morgan fingerprint density at radius 2 is 2.06 bits per heavy atom. The molecule has 0 aliphatic carbocycles. The predicted molar refractivity (Wildman–Crippen MR) is 50.8 cm³/mol. The Balaban J connectivity index is 2.56. The Labute approximate surface area is 89.1 Å². The van der Waals surface area contributed by atoms with Gasteiger partial charge >= 0.3 is 6.18 Å². The van der Waals surface area contributed by atoms with Gasteiger partial charge in [0.1, 0.15) is 0 Å². The van der Waals surface area contributed by atoms with Crippen molar-refractivity contribution in [1.82, 2.24) is 19.9 Å². The first kappa shape index (κ1) is 10.9. The van der Waals surface area contributed by atoms with Gasteiger partial charge < -0.3 is 5.32 Å². The zero-order chi connectivity index (χ0) is 11.8. The third-order valence-electron chi connectivity index (χ3n) is 2.10. The van der Waals surface area contributed by atoms with Gasteiger partial charge in [-0.05, 0) is 18.7 Å². The third kappa shape index (κ3) is 1.85. The fourth-order valence-corrected chi connectivity index (χ4v) is 1.44. The van der Waals surface area contributed by atoms with Crippen molar-refractivity contribution in [3.05, 3.63) is 29.7 Å². The van der Waals surface area contributed by atoms with Crippen LogP contribution in [-0.4, -0.2) is 21.6 Å². The maximum Gasteiger partial charge on any atom is 0.452 e. The summed E-state index contributed by atoms with van der Waals surface area (Å²) in [4.78, 5) is 0. The molecule has 0 aromatic carbocycles. The van der Waals surface area contributed by atoms with Crippen LogP contribution in [0.25, 0.3) is 5.65 Å². The molecule has 0 unspecified atom stereocenters. The van der Waals surface area contributed by atoms with E-state index >= 15 is 0 Å². The molecule has 4 nitrogen and oxygen atoms in total. The quantitative estimate of drug-likeness (QED) is 0.849. The van der Waals surface area contributed by atoms with Crippen LogP contribution in [-0.2, 0) is 12.7 Å². The minimum atomic E-state index is -4.49. The van der Waals surface area contributed by atoms with E-state index in [1.165, 1.54) is 12.3 Å².